The minimum Gasteiger partial charge on any atom is -0.385 e. The summed E-state index contributed by atoms with van der Waals surface area (Å²) in [5, 5.41) is 3.34. The average molecular weight is 385 g/mol. The number of methoxy groups -OCH3 is 1. The third-order valence-electron chi connectivity index (χ3n) is 2.81. The first kappa shape index (κ1) is 21.3. The van der Waals surface area contributed by atoms with Crippen LogP contribution in [0.15, 0.2) is 4.99 Å². The minimum atomic E-state index is 0. The SMILES string of the molecule is CCCCN(C)C(=NCCCCCOC)NCC.I. The van der Waals surface area contributed by atoms with Gasteiger partial charge in [-0.25, -0.2) is 0 Å². The predicted molar refractivity (Wildman–Crippen MR) is 94.7 cm³/mol. The second-order valence-corrected chi connectivity index (χ2v) is 4.56. The summed E-state index contributed by atoms with van der Waals surface area (Å²) in [5.41, 5.74) is 0. The van der Waals surface area contributed by atoms with Crippen molar-refractivity contribution in [3.8, 4) is 0 Å². The average Bonchev–Trinajstić information content (AvgIpc) is 2.38. The second-order valence-electron chi connectivity index (χ2n) is 4.56. The summed E-state index contributed by atoms with van der Waals surface area (Å²) in [7, 11) is 3.87. The minimum absolute atomic E-state index is 0. The van der Waals surface area contributed by atoms with Crippen molar-refractivity contribution in [1.82, 2.24) is 10.2 Å². The van der Waals surface area contributed by atoms with Gasteiger partial charge in [-0.1, -0.05) is 13.3 Å². The zero-order chi connectivity index (χ0) is 13.6. The molecular weight excluding hydrogens is 353 g/mol. The first-order valence-corrected chi connectivity index (χ1v) is 7.24. The summed E-state index contributed by atoms with van der Waals surface area (Å²) in [4.78, 5) is 6.88. The highest BCUT2D eigenvalue weighted by Gasteiger charge is 2.03. The van der Waals surface area contributed by atoms with Gasteiger partial charge in [-0.15, -0.1) is 24.0 Å². The molecule has 0 atom stereocenters. The number of hydrogen-bond donors (Lipinski definition) is 1. The lowest BCUT2D eigenvalue weighted by Gasteiger charge is -2.21. The quantitative estimate of drug-likeness (QED) is 0.272. The van der Waals surface area contributed by atoms with Crippen LogP contribution in [-0.4, -0.2) is 51.3 Å². The Morgan fingerprint density at radius 3 is 2.47 bits per heavy atom. The van der Waals surface area contributed by atoms with E-state index in [1.165, 1.54) is 19.3 Å². The lowest BCUT2D eigenvalue weighted by Crippen LogP contribution is -2.39. The molecule has 0 aliphatic carbocycles. The van der Waals surface area contributed by atoms with Crippen LogP contribution in [0.2, 0.25) is 0 Å². The number of aliphatic imine (C=N–C) groups is 1. The topological polar surface area (TPSA) is 36.9 Å². The van der Waals surface area contributed by atoms with E-state index < -0.39 is 0 Å². The lowest BCUT2D eigenvalue weighted by atomic mass is 10.2. The summed E-state index contributed by atoms with van der Waals surface area (Å²) in [5.74, 6) is 1.04. The van der Waals surface area contributed by atoms with E-state index in [0.29, 0.717) is 0 Å². The normalized spacial score (nSPS) is 11.1. The van der Waals surface area contributed by atoms with Gasteiger partial charge >= 0.3 is 0 Å². The number of nitrogens with one attached hydrogen (secondary N) is 1. The fourth-order valence-corrected chi connectivity index (χ4v) is 1.69. The Hall–Kier alpha value is -0.0400. The van der Waals surface area contributed by atoms with E-state index in [1.807, 2.05) is 0 Å². The third kappa shape index (κ3) is 12.7. The molecule has 116 valence electrons. The number of rotatable bonds is 10. The molecule has 0 rings (SSSR count). The molecule has 0 aromatic rings. The predicted octanol–water partition coefficient (Wildman–Crippen LogP) is 3.12. The highest BCUT2D eigenvalue weighted by atomic mass is 127. The van der Waals surface area contributed by atoms with Crippen molar-refractivity contribution in [2.24, 2.45) is 4.99 Å². The zero-order valence-electron chi connectivity index (χ0n) is 13.1. The molecule has 0 bridgehead atoms. The van der Waals surface area contributed by atoms with Crippen LogP contribution in [0.4, 0.5) is 0 Å². The molecule has 0 saturated carbocycles. The molecule has 1 N–H and O–H groups in total. The van der Waals surface area contributed by atoms with Crippen LogP contribution in [0.25, 0.3) is 0 Å². The summed E-state index contributed by atoms with van der Waals surface area (Å²) >= 11 is 0. The van der Waals surface area contributed by atoms with Crippen LogP contribution in [0.5, 0.6) is 0 Å². The molecule has 0 radical (unpaired) electrons. The van der Waals surface area contributed by atoms with Crippen molar-refractivity contribution < 1.29 is 4.74 Å². The third-order valence-corrected chi connectivity index (χ3v) is 2.81. The van der Waals surface area contributed by atoms with E-state index in [-0.39, 0.29) is 24.0 Å². The molecule has 5 heteroatoms. The van der Waals surface area contributed by atoms with Crippen LogP contribution < -0.4 is 5.32 Å². The fraction of sp³-hybridized carbons (Fsp3) is 0.929. The smallest absolute Gasteiger partial charge is 0.193 e. The Morgan fingerprint density at radius 1 is 1.16 bits per heavy atom. The van der Waals surface area contributed by atoms with Crippen molar-refractivity contribution >= 4 is 29.9 Å². The van der Waals surface area contributed by atoms with Crippen molar-refractivity contribution in [1.29, 1.82) is 0 Å². The summed E-state index contributed by atoms with van der Waals surface area (Å²) in [6, 6.07) is 0. The van der Waals surface area contributed by atoms with Gasteiger partial charge in [0.05, 0.1) is 0 Å². The van der Waals surface area contributed by atoms with Crippen molar-refractivity contribution in [3.05, 3.63) is 0 Å². The maximum atomic E-state index is 5.03. The standard InChI is InChI=1S/C14H31N3O.HI/c1-5-7-12-17(3)14(15-6-2)16-11-9-8-10-13-18-4;/h5-13H2,1-4H3,(H,15,16);1H. The number of halogens is 1. The highest BCUT2D eigenvalue weighted by Crippen LogP contribution is 1.98. The molecule has 0 saturated heterocycles. The Bertz CT molecular complexity index is 213. The zero-order valence-corrected chi connectivity index (χ0v) is 15.4. The van der Waals surface area contributed by atoms with E-state index in [9.17, 15) is 0 Å². The molecule has 0 spiro atoms. The van der Waals surface area contributed by atoms with Gasteiger partial charge in [0, 0.05) is 40.4 Å². The van der Waals surface area contributed by atoms with Crippen molar-refractivity contribution in [3.63, 3.8) is 0 Å². The summed E-state index contributed by atoms with van der Waals surface area (Å²) < 4.78 is 5.03. The Labute approximate surface area is 136 Å². The molecule has 19 heavy (non-hydrogen) atoms. The summed E-state index contributed by atoms with van der Waals surface area (Å²) in [6.07, 6.45) is 5.90. The maximum Gasteiger partial charge on any atom is 0.193 e. The molecule has 0 amide bonds. The van der Waals surface area contributed by atoms with Gasteiger partial charge in [0.15, 0.2) is 5.96 Å². The molecule has 0 heterocycles. The van der Waals surface area contributed by atoms with Crippen LogP contribution >= 0.6 is 24.0 Å². The van der Waals surface area contributed by atoms with Gasteiger partial charge in [-0.2, -0.15) is 0 Å². The molecule has 0 aliphatic heterocycles. The Balaban J connectivity index is 0. The van der Waals surface area contributed by atoms with Crippen LogP contribution in [0.3, 0.4) is 0 Å². The number of guanidine groups is 1. The largest absolute Gasteiger partial charge is 0.385 e. The van der Waals surface area contributed by atoms with E-state index >= 15 is 0 Å². The number of unbranched alkanes of at least 4 members (excludes halogenated alkanes) is 3. The highest BCUT2D eigenvalue weighted by molar-refractivity contribution is 14.0. The molecule has 0 aliphatic rings. The lowest BCUT2D eigenvalue weighted by molar-refractivity contribution is 0.192. The fourth-order valence-electron chi connectivity index (χ4n) is 1.69. The molecule has 0 fully saturated rings. The number of nitrogens with zero attached hydrogens (tertiary/aromatic N) is 2. The van der Waals surface area contributed by atoms with Gasteiger partial charge in [-0.05, 0) is 32.6 Å². The first-order chi connectivity index (χ1) is 8.76. The monoisotopic (exact) mass is 385 g/mol. The van der Waals surface area contributed by atoms with Gasteiger partial charge in [0.1, 0.15) is 0 Å². The maximum absolute atomic E-state index is 5.03. The van der Waals surface area contributed by atoms with E-state index in [0.717, 1.165) is 45.0 Å². The van der Waals surface area contributed by atoms with Crippen molar-refractivity contribution in [2.45, 2.75) is 46.0 Å². The van der Waals surface area contributed by atoms with E-state index in [1.54, 1.807) is 7.11 Å². The molecule has 4 nitrogen and oxygen atoms in total. The Kier molecular flexibility index (Phi) is 17.9. The molecule has 0 aromatic carbocycles. The van der Waals surface area contributed by atoms with Gasteiger partial charge in [0.2, 0.25) is 0 Å². The van der Waals surface area contributed by atoms with Crippen LogP contribution in [0, 0.1) is 0 Å². The molecule has 0 aromatic heterocycles. The van der Waals surface area contributed by atoms with Crippen LogP contribution in [0.1, 0.15) is 46.0 Å². The van der Waals surface area contributed by atoms with E-state index in [2.05, 4.69) is 36.1 Å². The first-order valence-electron chi connectivity index (χ1n) is 7.24. The van der Waals surface area contributed by atoms with E-state index in [4.69, 9.17) is 4.74 Å². The van der Waals surface area contributed by atoms with Crippen molar-refractivity contribution in [2.75, 3.05) is 40.4 Å². The summed E-state index contributed by atoms with van der Waals surface area (Å²) in [6.45, 7) is 8.10. The number of ether oxygens (including phenoxy) is 1. The van der Waals surface area contributed by atoms with Gasteiger partial charge in [-0.3, -0.25) is 4.99 Å². The second kappa shape index (κ2) is 16.0. The molecule has 0 unspecified atom stereocenters. The Morgan fingerprint density at radius 2 is 1.89 bits per heavy atom. The number of hydrogen-bond acceptors (Lipinski definition) is 2. The van der Waals surface area contributed by atoms with Gasteiger partial charge in [0.25, 0.3) is 0 Å². The van der Waals surface area contributed by atoms with Crippen LogP contribution in [-0.2, 0) is 4.74 Å². The van der Waals surface area contributed by atoms with Gasteiger partial charge < -0.3 is 15.0 Å². The molecular formula is C14H32IN3O.